The molecule has 0 amide bonds. The van der Waals surface area contributed by atoms with Crippen molar-refractivity contribution in [2.45, 2.75) is 31.3 Å². The van der Waals surface area contributed by atoms with Gasteiger partial charge in [0.1, 0.15) is 6.04 Å². The maximum atomic E-state index is 10.9. The summed E-state index contributed by atoms with van der Waals surface area (Å²) in [6.45, 7) is 1.18. The van der Waals surface area contributed by atoms with Crippen LogP contribution in [0.15, 0.2) is 0 Å². The van der Waals surface area contributed by atoms with E-state index in [1.807, 2.05) is 0 Å². The largest absolute Gasteiger partial charge is 0.480 e. The summed E-state index contributed by atoms with van der Waals surface area (Å²) in [4.78, 5) is 13.0. The van der Waals surface area contributed by atoms with Gasteiger partial charge in [0.15, 0.2) is 0 Å². The number of hydrogen-bond donors (Lipinski definition) is 2. The van der Waals surface area contributed by atoms with Gasteiger partial charge in [-0.15, -0.1) is 0 Å². The van der Waals surface area contributed by atoms with Gasteiger partial charge in [0.05, 0.1) is 0 Å². The predicted octanol–water partition coefficient (Wildman–Crippen LogP) is -0.117. The molecule has 1 heterocycles. The Hall–Kier alpha value is -0.610. The molecule has 3 unspecified atom stereocenters. The van der Waals surface area contributed by atoms with Crippen molar-refractivity contribution < 1.29 is 9.90 Å². The molecule has 1 aliphatic heterocycles. The van der Waals surface area contributed by atoms with Crippen LogP contribution in [0.1, 0.15) is 19.3 Å². The molecule has 0 aromatic heterocycles. The van der Waals surface area contributed by atoms with Gasteiger partial charge < -0.3 is 10.8 Å². The van der Waals surface area contributed by atoms with Gasteiger partial charge in [-0.2, -0.15) is 0 Å². The van der Waals surface area contributed by atoms with Crippen molar-refractivity contribution in [2.75, 3.05) is 13.1 Å². The molecule has 2 rings (SSSR count). The Morgan fingerprint density at radius 2 is 2.38 bits per heavy atom. The summed E-state index contributed by atoms with van der Waals surface area (Å²) in [7, 11) is 0. The van der Waals surface area contributed by atoms with Gasteiger partial charge in [0.25, 0.3) is 0 Å². The molecule has 74 valence electrons. The minimum absolute atomic E-state index is 0.235. The molecule has 4 nitrogen and oxygen atoms in total. The number of nitrogens with two attached hydrogens (primary N) is 1. The van der Waals surface area contributed by atoms with Gasteiger partial charge in [-0.05, 0) is 25.2 Å². The van der Waals surface area contributed by atoms with E-state index in [1.165, 1.54) is 12.8 Å². The summed E-state index contributed by atoms with van der Waals surface area (Å²) < 4.78 is 0. The molecule has 1 aliphatic carbocycles. The summed E-state index contributed by atoms with van der Waals surface area (Å²) in [5.41, 5.74) is 5.46. The second-order valence-corrected chi connectivity index (χ2v) is 4.12. The third-order valence-corrected chi connectivity index (χ3v) is 3.36. The number of carboxylic acid groups (broad SMARTS) is 1. The number of carboxylic acids is 1. The van der Waals surface area contributed by atoms with E-state index in [1.54, 1.807) is 0 Å². The first-order valence-corrected chi connectivity index (χ1v) is 4.91. The fraction of sp³-hybridized carbons (Fsp3) is 0.889. The summed E-state index contributed by atoms with van der Waals surface area (Å²) in [5, 5.41) is 8.94. The number of hydrogen-bond acceptors (Lipinski definition) is 3. The molecule has 2 bridgehead atoms. The number of aliphatic carboxylic acids is 1. The molecule has 1 saturated heterocycles. The first-order chi connectivity index (χ1) is 6.22. The Kier molecular flexibility index (Phi) is 2.26. The SMILES string of the molecule is NCC(C(=O)O)N1CC2CCC1C2. The zero-order valence-corrected chi connectivity index (χ0v) is 7.65. The lowest BCUT2D eigenvalue weighted by Crippen LogP contribution is -2.49. The lowest BCUT2D eigenvalue weighted by molar-refractivity contribution is -0.143. The van der Waals surface area contributed by atoms with Crippen LogP contribution >= 0.6 is 0 Å². The van der Waals surface area contributed by atoms with Crippen molar-refractivity contribution in [3.63, 3.8) is 0 Å². The first-order valence-electron chi connectivity index (χ1n) is 4.91. The lowest BCUT2D eigenvalue weighted by Gasteiger charge is -2.31. The molecule has 1 saturated carbocycles. The van der Waals surface area contributed by atoms with Crippen LogP contribution in [-0.4, -0.2) is 41.1 Å². The highest BCUT2D eigenvalue weighted by atomic mass is 16.4. The molecule has 0 radical (unpaired) electrons. The first kappa shape index (κ1) is 8.97. The van der Waals surface area contributed by atoms with Gasteiger partial charge in [-0.3, -0.25) is 9.69 Å². The number of fused-ring (bicyclic) bond motifs is 2. The van der Waals surface area contributed by atoms with Crippen molar-refractivity contribution in [3.05, 3.63) is 0 Å². The Bertz CT molecular complexity index is 220. The van der Waals surface area contributed by atoms with E-state index >= 15 is 0 Å². The van der Waals surface area contributed by atoms with E-state index < -0.39 is 12.0 Å². The van der Waals surface area contributed by atoms with E-state index in [9.17, 15) is 4.79 Å². The fourth-order valence-electron chi connectivity index (χ4n) is 2.72. The predicted molar refractivity (Wildman–Crippen MR) is 48.3 cm³/mol. The minimum Gasteiger partial charge on any atom is -0.480 e. The van der Waals surface area contributed by atoms with Crippen molar-refractivity contribution in [3.8, 4) is 0 Å². The van der Waals surface area contributed by atoms with E-state index in [-0.39, 0.29) is 6.54 Å². The Morgan fingerprint density at radius 3 is 2.77 bits per heavy atom. The third kappa shape index (κ3) is 1.44. The van der Waals surface area contributed by atoms with Crippen LogP contribution in [0.3, 0.4) is 0 Å². The average Bonchev–Trinajstić information content (AvgIpc) is 2.65. The van der Waals surface area contributed by atoms with Crippen LogP contribution in [0.4, 0.5) is 0 Å². The van der Waals surface area contributed by atoms with Crippen LogP contribution < -0.4 is 5.73 Å². The van der Waals surface area contributed by atoms with Crippen molar-refractivity contribution in [1.29, 1.82) is 0 Å². The van der Waals surface area contributed by atoms with Gasteiger partial charge in [0.2, 0.25) is 0 Å². The molecule has 13 heavy (non-hydrogen) atoms. The smallest absolute Gasteiger partial charge is 0.322 e. The van der Waals surface area contributed by atoms with Crippen LogP contribution in [-0.2, 0) is 4.79 Å². The van der Waals surface area contributed by atoms with E-state index in [0.29, 0.717) is 6.04 Å². The summed E-state index contributed by atoms with van der Waals surface area (Å²) in [6, 6.07) is 0.0462. The molecular formula is C9H16N2O2. The number of piperidine rings is 1. The third-order valence-electron chi connectivity index (χ3n) is 3.36. The lowest BCUT2D eigenvalue weighted by atomic mass is 10.1. The molecule has 0 spiro atoms. The normalized spacial score (nSPS) is 35.2. The van der Waals surface area contributed by atoms with Crippen LogP contribution in [0.2, 0.25) is 0 Å². The quantitative estimate of drug-likeness (QED) is 0.642. The second kappa shape index (κ2) is 3.27. The molecular weight excluding hydrogens is 168 g/mol. The fourth-order valence-corrected chi connectivity index (χ4v) is 2.72. The second-order valence-electron chi connectivity index (χ2n) is 4.12. The molecule has 2 fully saturated rings. The highest BCUT2D eigenvalue weighted by Crippen LogP contribution is 2.38. The van der Waals surface area contributed by atoms with Gasteiger partial charge in [-0.1, -0.05) is 0 Å². The summed E-state index contributed by atoms with van der Waals surface area (Å²) in [5.74, 6) is -0.0338. The molecule has 0 aromatic rings. The molecule has 4 heteroatoms. The monoisotopic (exact) mass is 184 g/mol. The van der Waals surface area contributed by atoms with E-state index in [4.69, 9.17) is 10.8 Å². The number of likely N-dealkylation sites (tertiary alicyclic amines) is 1. The highest BCUT2D eigenvalue weighted by Gasteiger charge is 2.42. The summed E-state index contributed by atoms with van der Waals surface area (Å²) >= 11 is 0. The topological polar surface area (TPSA) is 66.6 Å². The maximum absolute atomic E-state index is 10.9. The Balaban J connectivity index is 2.04. The number of rotatable bonds is 3. The van der Waals surface area contributed by atoms with Gasteiger partial charge in [0, 0.05) is 19.1 Å². The van der Waals surface area contributed by atoms with Crippen molar-refractivity contribution >= 4 is 5.97 Å². The number of carbonyl (C=O) groups is 1. The minimum atomic E-state index is -0.768. The van der Waals surface area contributed by atoms with Crippen molar-refractivity contribution in [1.82, 2.24) is 4.90 Å². The molecule has 0 aromatic carbocycles. The van der Waals surface area contributed by atoms with Crippen LogP contribution in [0, 0.1) is 5.92 Å². The van der Waals surface area contributed by atoms with E-state index in [2.05, 4.69) is 4.90 Å². The van der Waals surface area contributed by atoms with Crippen molar-refractivity contribution in [2.24, 2.45) is 11.7 Å². The standard InChI is InChI=1S/C9H16N2O2/c10-4-8(9(12)13)11-5-6-1-2-7(11)3-6/h6-8H,1-5,10H2,(H,12,13). The molecule has 2 aliphatic rings. The Labute approximate surface area is 77.7 Å². The average molecular weight is 184 g/mol. The van der Waals surface area contributed by atoms with Gasteiger partial charge in [-0.25, -0.2) is 0 Å². The zero-order valence-electron chi connectivity index (χ0n) is 7.65. The molecule has 3 atom stereocenters. The van der Waals surface area contributed by atoms with Gasteiger partial charge >= 0.3 is 5.97 Å². The summed E-state index contributed by atoms with van der Waals surface area (Å²) in [6.07, 6.45) is 3.62. The highest BCUT2D eigenvalue weighted by molar-refractivity contribution is 5.73. The maximum Gasteiger partial charge on any atom is 0.322 e. The zero-order chi connectivity index (χ0) is 9.42. The van der Waals surface area contributed by atoms with Crippen LogP contribution in [0.25, 0.3) is 0 Å². The number of nitrogens with zero attached hydrogens (tertiary/aromatic N) is 1. The molecule has 3 N–H and O–H groups in total. The Morgan fingerprint density at radius 1 is 1.62 bits per heavy atom. The van der Waals surface area contributed by atoms with Crippen LogP contribution in [0.5, 0.6) is 0 Å². The van der Waals surface area contributed by atoms with E-state index in [0.717, 1.165) is 18.9 Å².